The van der Waals surface area contributed by atoms with Gasteiger partial charge in [-0.2, -0.15) is 0 Å². The molecule has 0 aromatic heterocycles. The number of carbonyl (C=O) groups excluding carboxylic acids is 1. The van der Waals surface area contributed by atoms with Gasteiger partial charge in [0.25, 0.3) is 0 Å². The number of hydrogen-bond acceptors (Lipinski definition) is 2. The largest absolute Gasteiger partial charge is 0.338 e. The Morgan fingerprint density at radius 2 is 1.88 bits per heavy atom. The molecule has 4 nitrogen and oxygen atoms in total. The highest BCUT2D eigenvalue weighted by atomic mass is 16.2. The highest BCUT2D eigenvalue weighted by Gasteiger charge is 2.27. The predicted octanol–water partition coefficient (Wildman–Crippen LogP) is 1.17. The fraction of sp³-hybridized carbons (Fsp3) is 0.917. The van der Waals surface area contributed by atoms with Crippen LogP contribution in [0.3, 0.4) is 0 Å². The summed E-state index contributed by atoms with van der Waals surface area (Å²) in [5, 5.41) is 3.06. The number of rotatable bonds is 3. The van der Waals surface area contributed by atoms with Crippen LogP contribution in [-0.2, 0) is 0 Å². The van der Waals surface area contributed by atoms with Gasteiger partial charge < -0.3 is 16.0 Å². The molecule has 0 radical (unpaired) electrons. The number of nitrogens with one attached hydrogen (secondary N) is 1. The van der Waals surface area contributed by atoms with Crippen molar-refractivity contribution in [3.63, 3.8) is 0 Å². The zero-order valence-electron chi connectivity index (χ0n) is 9.95. The number of nitrogens with two attached hydrogens (primary N) is 1. The Balaban J connectivity index is 1.71. The fourth-order valence-corrected chi connectivity index (χ4v) is 2.94. The summed E-state index contributed by atoms with van der Waals surface area (Å²) in [6.45, 7) is 3.44. The van der Waals surface area contributed by atoms with Crippen molar-refractivity contribution >= 4 is 6.03 Å². The zero-order valence-corrected chi connectivity index (χ0v) is 9.95. The minimum atomic E-state index is 0.125. The summed E-state index contributed by atoms with van der Waals surface area (Å²) < 4.78 is 0. The third kappa shape index (κ3) is 2.67. The minimum absolute atomic E-state index is 0.125. The van der Waals surface area contributed by atoms with Crippen molar-refractivity contribution in [3.05, 3.63) is 0 Å². The first kappa shape index (κ1) is 11.7. The molecule has 0 aromatic carbocycles. The number of amides is 2. The van der Waals surface area contributed by atoms with Gasteiger partial charge in [0, 0.05) is 19.6 Å². The van der Waals surface area contributed by atoms with E-state index in [0.29, 0.717) is 11.8 Å². The van der Waals surface area contributed by atoms with Gasteiger partial charge in [0.1, 0.15) is 0 Å². The molecule has 2 atom stereocenters. The van der Waals surface area contributed by atoms with Gasteiger partial charge in [-0.25, -0.2) is 4.79 Å². The third-order valence-corrected chi connectivity index (χ3v) is 4.03. The molecule has 1 heterocycles. The maximum Gasteiger partial charge on any atom is 0.317 e. The molecule has 1 saturated heterocycles. The smallest absolute Gasteiger partial charge is 0.317 e. The Morgan fingerprint density at radius 1 is 1.19 bits per heavy atom. The number of carbonyl (C=O) groups is 1. The quantitative estimate of drug-likeness (QED) is 0.757. The lowest BCUT2D eigenvalue weighted by atomic mass is 9.96. The van der Waals surface area contributed by atoms with E-state index in [1.807, 2.05) is 4.90 Å². The van der Waals surface area contributed by atoms with Crippen molar-refractivity contribution < 1.29 is 4.79 Å². The Morgan fingerprint density at radius 3 is 2.56 bits per heavy atom. The second-order valence-corrected chi connectivity index (χ2v) is 5.07. The summed E-state index contributed by atoms with van der Waals surface area (Å²) in [5.41, 5.74) is 5.73. The van der Waals surface area contributed by atoms with Crippen LogP contribution in [-0.4, -0.2) is 37.1 Å². The van der Waals surface area contributed by atoms with Crippen molar-refractivity contribution in [2.24, 2.45) is 17.6 Å². The summed E-state index contributed by atoms with van der Waals surface area (Å²) in [6.07, 6.45) is 6.04. The van der Waals surface area contributed by atoms with Gasteiger partial charge in [-0.15, -0.1) is 0 Å². The van der Waals surface area contributed by atoms with Crippen LogP contribution in [0.25, 0.3) is 0 Å². The van der Waals surface area contributed by atoms with Gasteiger partial charge in [-0.3, -0.25) is 0 Å². The van der Waals surface area contributed by atoms with Gasteiger partial charge in [0.05, 0.1) is 0 Å². The summed E-state index contributed by atoms with van der Waals surface area (Å²) in [5.74, 6) is 1.23. The normalized spacial score (nSPS) is 29.7. The van der Waals surface area contributed by atoms with Crippen molar-refractivity contribution in [1.29, 1.82) is 0 Å². The molecule has 2 rings (SSSR count). The van der Waals surface area contributed by atoms with Gasteiger partial charge in [-0.05, 0) is 44.1 Å². The summed E-state index contributed by atoms with van der Waals surface area (Å²) in [4.78, 5) is 13.7. The molecule has 16 heavy (non-hydrogen) atoms. The molecule has 4 heteroatoms. The topological polar surface area (TPSA) is 58.4 Å². The van der Waals surface area contributed by atoms with E-state index in [1.165, 1.54) is 19.3 Å². The Hall–Kier alpha value is -0.770. The first-order chi connectivity index (χ1) is 7.81. The maximum absolute atomic E-state index is 11.8. The molecule has 3 N–H and O–H groups in total. The third-order valence-electron chi connectivity index (χ3n) is 4.03. The van der Waals surface area contributed by atoms with E-state index in [-0.39, 0.29) is 6.03 Å². The van der Waals surface area contributed by atoms with E-state index < -0.39 is 0 Å². The van der Waals surface area contributed by atoms with E-state index in [4.69, 9.17) is 5.73 Å². The molecule has 1 aliphatic carbocycles. The molecule has 0 bridgehead atoms. The Bertz CT molecular complexity index is 238. The van der Waals surface area contributed by atoms with Crippen LogP contribution in [0.5, 0.6) is 0 Å². The molecule has 2 fully saturated rings. The standard InChI is InChI=1S/C12H23N3O/c13-8-10-4-3-5-11(10)9-14-12(16)15-6-1-2-7-15/h10-11H,1-9,13H2,(H,14,16). The molecule has 1 saturated carbocycles. The van der Waals surface area contributed by atoms with Crippen LogP contribution in [0.4, 0.5) is 4.79 Å². The van der Waals surface area contributed by atoms with Crippen LogP contribution >= 0.6 is 0 Å². The number of hydrogen-bond donors (Lipinski definition) is 2. The van der Waals surface area contributed by atoms with Gasteiger partial charge in [0.15, 0.2) is 0 Å². The van der Waals surface area contributed by atoms with Crippen LogP contribution in [0.2, 0.25) is 0 Å². The summed E-state index contributed by atoms with van der Waals surface area (Å²) in [6, 6.07) is 0.125. The monoisotopic (exact) mass is 225 g/mol. The van der Waals surface area contributed by atoms with Crippen molar-refractivity contribution in [2.75, 3.05) is 26.2 Å². The highest BCUT2D eigenvalue weighted by Crippen LogP contribution is 2.30. The number of nitrogens with zero attached hydrogens (tertiary/aromatic N) is 1. The molecule has 0 aromatic rings. The minimum Gasteiger partial charge on any atom is -0.338 e. The second kappa shape index (κ2) is 5.53. The van der Waals surface area contributed by atoms with E-state index >= 15 is 0 Å². The maximum atomic E-state index is 11.8. The van der Waals surface area contributed by atoms with Crippen LogP contribution in [0.15, 0.2) is 0 Å². The zero-order chi connectivity index (χ0) is 11.4. The Kier molecular flexibility index (Phi) is 4.04. The molecule has 2 unspecified atom stereocenters. The fourth-order valence-electron chi connectivity index (χ4n) is 2.94. The average molecular weight is 225 g/mol. The van der Waals surface area contributed by atoms with E-state index in [0.717, 1.165) is 39.0 Å². The molecule has 0 spiro atoms. The van der Waals surface area contributed by atoms with E-state index in [9.17, 15) is 4.79 Å². The summed E-state index contributed by atoms with van der Waals surface area (Å²) >= 11 is 0. The lowest BCUT2D eigenvalue weighted by Gasteiger charge is -2.21. The molecular weight excluding hydrogens is 202 g/mol. The second-order valence-electron chi connectivity index (χ2n) is 5.07. The van der Waals surface area contributed by atoms with Crippen LogP contribution in [0, 0.1) is 11.8 Å². The Labute approximate surface area is 97.6 Å². The number of urea groups is 1. The SMILES string of the molecule is NCC1CCCC1CNC(=O)N1CCCC1. The molecule has 2 aliphatic rings. The number of likely N-dealkylation sites (tertiary alicyclic amines) is 1. The molecule has 92 valence electrons. The van der Waals surface area contributed by atoms with Crippen LogP contribution in [0.1, 0.15) is 32.1 Å². The predicted molar refractivity (Wildman–Crippen MR) is 64.1 cm³/mol. The highest BCUT2D eigenvalue weighted by molar-refractivity contribution is 5.74. The molecule has 1 aliphatic heterocycles. The lowest BCUT2D eigenvalue weighted by molar-refractivity contribution is 0.205. The van der Waals surface area contributed by atoms with Gasteiger partial charge in [-0.1, -0.05) is 6.42 Å². The molecule has 2 amide bonds. The van der Waals surface area contributed by atoms with Crippen LogP contribution < -0.4 is 11.1 Å². The van der Waals surface area contributed by atoms with Crippen molar-refractivity contribution in [2.45, 2.75) is 32.1 Å². The van der Waals surface area contributed by atoms with Crippen molar-refractivity contribution in [1.82, 2.24) is 10.2 Å². The molecular formula is C12H23N3O. The van der Waals surface area contributed by atoms with E-state index in [1.54, 1.807) is 0 Å². The van der Waals surface area contributed by atoms with Gasteiger partial charge >= 0.3 is 6.03 Å². The first-order valence-electron chi connectivity index (χ1n) is 6.54. The average Bonchev–Trinajstić information content (AvgIpc) is 2.96. The van der Waals surface area contributed by atoms with E-state index in [2.05, 4.69) is 5.32 Å². The van der Waals surface area contributed by atoms with Gasteiger partial charge in [0.2, 0.25) is 0 Å². The summed E-state index contributed by atoms with van der Waals surface area (Å²) in [7, 11) is 0. The van der Waals surface area contributed by atoms with Crippen molar-refractivity contribution in [3.8, 4) is 0 Å². The lowest BCUT2D eigenvalue weighted by Crippen LogP contribution is -2.41. The first-order valence-corrected chi connectivity index (χ1v) is 6.54.